The van der Waals surface area contributed by atoms with Gasteiger partial charge in [0.1, 0.15) is 11.2 Å². The third-order valence-electron chi connectivity index (χ3n) is 6.80. The Morgan fingerprint density at radius 3 is 1.94 bits per heavy atom. The molecule has 3 aromatic carbocycles. The van der Waals surface area contributed by atoms with Gasteiger partial charge in [0.05, 0.1) is 31.4 Å². The van der Waals surface area contributed by atoms with E-state index in [2.05, 4.69) is 5.32 Å². The summed E-state index contributed by atoms with van der Waals surface area (Å²) in [4.78, 5) is 26.7. The number of carbonyl (C=O) groups is 2. The normalized spacial score (nSPS) is 22.8. The average Bonchev–Trinajstić information content (AvgIpc) is 3.48. The van der Waals surface area contributed by atoms with E-state index in [1.54, 1.807) is 0 Å². The molecule has 0 radical (unpaired) electrons. The maximum atomic E-state index is 13.4. The van der Waals surface area contributed by atoms with Crippen molar-refractivity contribution in [2.75, 3.05) is 19.5 Å². The summed E-state index contributed by atoms with van der Waals surface area (Å²) >= 11 is 0. The van der Waals surface area contributed by atoms with Crippen molar-refractivity contribution < 1.29 is 23.8 Å². The van der Waals surface area contributed by atoms with Crippen LogP contribution >= 0.6 is 0 Å². The Balaban J connectivity index is 1.72. The summed E-state index contributed by atoms with van der Waals surface area (Å²) in [6.45, 7) is 0. The van der Waals surface area contributed by atoms with Crippen LogP contribution in [0.1, 0.15) is 11.1 Å². The first-order valence-electron chi connectivity index (χ1n) is 11.8. The SMILES string of the molecule is COC(=O)C1=C(C(=O)OC)C2(C(Cc3ccccc3)Nc3ccccc3)C=CC1(c1ccccc1)O2. The summed E-state index contributed by atoms with van der Waals surface area (Å²) in [5.74, 6) is -1.27. The van der Waals surface area contributed by atoms with Crippen LogP contribution in [0.3, 0.4) is 0 Å². The topological polar surface area (TPSA) is 73.9 Å². The molecular weight excluding hydrogens is 454 g/mol. The molecule has 2 aliphatic rings. The number of nitrogens with one attached hydrogen (secondary N) is 1. The number of rotatable bonds is 8. The van der Waals surface area contributed by atoms with E-state index in [1.165, 1.54) is 14.2 Å². The van der Waals surface area contributed by atoms with Crippen molar-refractivity contribution in [1.29, 1.82) is 0 Å². The van der Waals surface area contributed by atoms with Crippen molar-refractivity contribution >= 4 is 17.6 Å². The first-order chi connectivity index (χ1) is 17.5. The molecule has 6 nitrogen and oxygen atoms in total. The van der Waals surface area contributed by atoms with Gasteiger partial charge in [-0.05, 0) is 41.8 Å². The molecule has 2 bridgehead atoms. The van der Waals surface area contributed by atoms with E-state index in [9.17, 15) is 9.59 Å². The third-order valence-corrected chi connectivity index (χ3v) is 6.80. The number of ether oxygens (including phenoxy) is 3. The van der Waals surface area contributed by atoms with E-state index in [-0.39, 0.29) is 11.1 Å². The van der Waals surface area contributed by atoms with Crippen molar-refractivity contribution in [2.45, 2.75) is 23.7 Å². The minimum atomic E-state index is -1.29. The monoisotopic (exact) mass is 481 g/mol. The maximum Gasteiger partial charge on any atom is 0.338 e. The molecule has 0 amide bonds. The van der Waals surface area contributed by atoms with Crippen LogP contribution < -0.4 is 5.32 Å². The van der Waals surface area contributed by atoms with Gasteiger partial charge in [-0.3, -0.25) is 0 Å². The van der Waals surface area contributed by atoms with Gasteiger partial charge in [-0.25, -0.2) is 9.59 Å². The highest BCUT2D eigenvalue weighted by Gasteiger charge is 2.65. The minimum absolute atomic E-state index is 0.137. The molecule has 36 heavy (non-hydrogen) atoms. The van der Waals surface area contributed by atoms with Crippen LogP contribution in [-0.4, -0.2) is 37.8 Å². The third kappa shape index (κ3) is 3.80. The van der Waals surface area contributed by atoms with Crippen LogP contribution in [0, 0.1) is 0 Å². The Morgan fingerprint density at radius 1 is 0.778 bits per heavy atom. The lowest BCUT2D eigenvalue weighted by atomic mass is 9.74. The van der Waals surface area contributed by atoms with E-state index < -0.39 is 29.2 Å². The average molecular weight is 482 g/mol. The Labute approximate surface area is 210 Å². The first kappa shape index (κ1) is 23.6. The fraction of sp³-hybridized carbons (Fsp3) is 0.200. The molecule has 5 rings (SSSR count). The van der Waals surface area contributed by atoms with Gasteiger partial charge in [0, 0.05) is 5.69 Å². The van der Waals surface area contributed by atoms with Crippen molar-refractivity contribution in [3.05, 3.63) is 125 Å². The largest absolute Gasteiger partial charge is 0.466 e. The molecule has 2 heterocycles. The van der Waals surface area contributed by atoms with Crippen molar-refractivity contribution in [3.63, 3.8) is 0 Å². The van der Waals surface area contributed by atoms with Gasteiger partial charge in [-0.15, -0.1) is 0 Å². The Hall–Kier alpha value is -4.16. The lowest BCUT2D eigenvalue weighted by molar-refractivity contribution is -0.139. The zero-order chi connectivity index (χ0) is 25.2. The fourth-order valence-electron chi connectivity index (χ4n) is 5.19. The standard InChI is InChI=1S/C30H27NO5/c1-34-27(32)25-26(28(33)35-2)30(19-18-29(25,36-30)22-14-8-4-9-15-22)24(20-21-12-6-3-7-13-21)31-23-16-10-5-11-17-23/h3-19,24,31H,20H2,1-2H3. The number of fused-ring (bicyclic) bond motifs is 2. The second kappa shape index (κ2) is 9.47. The van der Waals surface area contributed by atoms with Crippen LogP contribution in [0.2, 0.25) is 0 Å². The Bertz CT molecular complexity index is 1280. The van der Waals surface area contributed by atoms with Crippen molar-refractivity contribution in [1.82, 2.24) is 0 Å². The number of methoxy groups -OCH3 is 2. The van der Waals surface area contributed by atoms with Crippen LogP contribution in [-0.2, 0) is 35.8 Å². The summed E-state index contributed by atoms with van der Waals surface area (Å²) in [5, 5.41) is 3.57. The minimum Gasteiger partial charge on any atom is -0.466 e. The summed E-state index contributed by atoms with van der Waals surface area (Å²) in [7, 11) is 2.61. The first-order valence-corrected chi connectivity index (χ1v) is 11.8. The smallest absolute Gasteiger partial charge is 0.338 e. The highest BCUT2D eigenvalue weighted by Crippen LogP contribution is 2.57. The molecule has 3 atom stereocenters. The highest BCUT2D eigenvalue weighted by molar-refractivity contribution is 6.06. The molecule has 3 aromatic rings. The van der Waals surface area contributed by atoms with Crippen LogP contribution in [0.15, 0.2) is 114 Å². The van der Waals surface area contributed by atoms with Gasteiger partial charge < -0.3 is 19.5 Å². The predicted octanol–water partition coefficient (Wildman–Crippen LogP) is 4.59. The van der Waals surface area contributed by atoms with E-state index in [4.69, 9.17) is 14.2 Å². The number of hydrogen-bond acceptors (Lipinski definition) is 6. The number of para-hydroxylation sites is 1. The summed E-state index contributed by atoms with van der Waals surface area (Å²) in [5.41, 5.74) is 0.332. The summed E-state index contributed by atoms with van der Waals surface area (Å²) in [6.07, 6.45) is 4.24. The van der Waals surface area contributed by atoms with Gasteiger partial charge in [-0.2, -0.15) is 0 Å². The molecule has 6 heteroatoms. The van der Waals surface area contributed by atoms with Crippen LogP contribution in [0.5, 0.6) is 0 Å². The molecule has 182 valence electrons. The highest BCUT2D eigenvalue weighted by atomic mass is 16.6. The quantitative estimate of drug-likeness (QED) is 0.375. The summed E-state index contributed by atoms with van der Waals surface area (Å²) < 4.78 is 17.3. The lowest BCUT2D eigenvalue weighted by Crippen LogP contribution is -2.49. The molecule has 0 saturated carbocycles. The second-order valence-corrected chi connectivity index (χ2v) is 8.82. The van der Waals surface area contributed by atoms with Crippen LogP contribution in [0.4, 0.5) is 5.69 Å². The van der Waals surface area contributed by atoms with E-state index in [1.807, 2.05) is 103 Å². The predicted molar refractivity (Wildman–Crippen MR) is 136 cm³/mol. The van der Waals surface area contributed by atoms with E-state index >= 15 is 0 Å². The molecule has 0 aliphatic carbocycles. The number of benzene rings is 3. The molecule has 0 spiro atoms. The number of hydrogen-bond donors (Lipinski definition) is 1. The zero-order valence-electron chi connectivity index (χ0n) is 20.1. The number of esters is 2. The number of carbonyl (C=O) groups excluding carboxylic acids is 2. The zero-order valence-corrected chi connectivity index (χ0v) is 20.1. The summed E-state index contributed by atoms with van der Waals surface area (Å²) in [6, 6.07) is 28.6. The van der Waals surface area contributed by atoms with Gasteiger partial charge in [0.2, 0.25) is 0 Å². The van der Waals surface area contributed by atoms with Crippen LogP contribution in [0.25, 0.3) is 0 Å². The molecule has 1 N–H and O–H groups in total. The molecule has 3 unspecified atom stereocenters. The number of anilines is 1. The maximum absolute atomic E-state index is 13.4. The van der Waals surface area contributed by atoms with Gasteiger partial charge in [-0.1, -0.05) is 78.9 Å². The Kier molecular flexibility index (Phi) is 6.20. The fourth-order valence-corrected chi connectivity index (χ4v) is 5.19. The molecule has 0 saturated heterocycles. The Morgan fingerprint density at radius 2 is 1.33 bits per heavy atom. The molecule has 0 aromatic heterocycles. The van der Waals surface area contributed by atoms with Gasteiger partial charge in [0.15, 0.2) is 0 Å². The van der Waals surface area contributed by atoms with Crippen molar-refractivity contribution in [2.24, 2.45) is 0 Å². The second-order valence-electron chi connectivity index (χ2n) is 8.82. The molecular formula is C30H27NO5. The van der Waals surface area contributed by atoms with Gasteiger partial charge >= 0.3 is 11.9 Å². The van der Waals surface area contributed by atoms with Crippen molar-refractivity contribution in [3.8, 4) is 0 Å². The van der Waals surface area contributed by atoms with Gasteiger partial charge in [0.25, 0.3) is 0 Å². The molecule has 0 fully saturated rings. The lowest BCUT2D eigenvalue weighted by Gasteiger charge is -2.36. The van der Waals surface area contributed by atoms with E-state index in [0.29, 0.717) is 6.42 Å². The molecule has 2 aliphatic heterocycles. The van der Waals surface area contributed by atoms with E-state index in [0.717, 1.165) is 16.8 Å².